The molecule has 0 unspecified atom stereocenters. The van der Waals surface area contributed by atoms with Crippen LogP contribution in [0, 0.1) is 0 Å². The van der Waals surface area contributed by atoms with Crippen molar-refractivity contribution in [2.75, 3.05) is 31.8 Å². The van der Waals surface area contributed by atoms with E-state index >= 15 is 0 Å². The SMILES string of the molecule is CNC(=O)c1nnc(NC(=O)N(C)C2CC2)cc1Nc1cccc(-c2ncn(C)n2)c1OC. The Balaban J connectivity index is 1.68. The van der Waals surface area contributed by atoms with Crippen LogP contribution in [-0.2, 0) is 7.05 Å². The molecule has 3 N–H and O–H groups in total. The van der Waals surface area contributed by atoms with Crippen LogP contribution in [0.25, 0.3) is 11.4 Å². The third kappa shape index (κ3) is 4.68. The number of benzene rings is 1. The molecule has 172 valence electrons. The standard InChI is InChI=1S/C21H25N9O3/c1-22-20(31)17-15(10-16(26-27-17)25-21(32)30(3)12-8-9-12)24-14-7-5-6-13(18(14)33-4)19-23-11-29(2)28-19/h5-7,10-12H,8-9H2,1-4H3,(H,22,31)(H2,24,25,26,32). The summed E-state index contributed by atoms with van der Waals surface area (Å²) < 4.78 is 7.23. The van der Waals surface area contributed by atoms with Crippen LogP contribution in [0.4, 0.5) is 22.0 Å². The number of carbonyl (C=O) groups excluding carboxylic acids is 2. The number of nitrogens with zero attached hydrogens (tertiary/aromatic N) is 6. The van der Waals surface area contributed by atoms with Crippen molar-refractivity contribution in [3.63, 3.8) is 0 Å². The first-order valence-corrected chi connectivity index (χ1v) is 10.3. The highest BCUT2D eigenvalue weighted by Gasteiger charge is 2.30. The molecule has 4 rings (SSSR count). The molecular formula is C21H25N9O3. The normalized spacial score (nSPS) is 12.7. The highest BCUT2D eigenvalue weighted by Crippen LogP contribution is 2.37. The number of anilines is 3. The predicted molar refractivity (Wildman–Crippen MR) is 121 cm³/mol. The number of urea groups is 1. The van der Waals surface area contributed by atoms with E-state index in [1.54, 1.807) is 42.1 Å². The van der Waals surface area contributed by atoms with Gasteiger partial charge in [-0.25, -0.2) is 9.78 Å². The van der Waals surface area contributed by atoms with Crippen LogP contribution in [0.3, 0.4) is 0 Å². The molecule has 12 nitrogen and oxygen atoms in total. The maximum atomic E-state index is 12.5. The lowest BCUT2D eigenvalue weighted by Crippen LogP contribution is -2.33. The number of ether oxygens (including phenoxy) is 1. The molecule has 0 aliphatic heterocycles. The lowest BCUT2D eigenvalue weighted by Gasteiger charge is -2.18. The molecule has 33 heavy (non-hydrogen) atoms. The molecule has 0 radical (unpaired) electrons. The summed E-state index contributed by atoms with van der Waals surface area (Å²) >= 11 is 0. The first-order valence-electron chi connectivity index (χ1n) is 10.3. The van der Waals surface area contributed by atoms with Gasteiger partial charge in [-0.1, -0.05) is 6.07 Å². The molecule has 1 fully saturated rings. The van der Waals surface area contributed by atoms with Crippen molar-refractivity contribution in [3.05, 3.63) is 36.3 Å². The summed E-state index contributed by atoms with van der Waals surface area (Å²) in [6.07, 6.45) is 3.57. The summed E-state index contributed by atoms with van der Waals surface area (Å²) in [5.74, 6) is 0.763. The first kappa shape index (κ1) is 22.0. The summed E-state index contributed by atoms with van der Waals surface area (Å²) in [6, 6.07) is 6.96. The number of nitrogens with one attached hydrogen (secondary N) is 3. The van der Waals surface area contributed by atoms with E-state index < -0.39 is 5.91 Å². The number of methoxy groups -OCH3 is 1. The minimum Gasteiger partial charge on any atom is -0.494 e. The fourth-order valence-corrected chi connectivity index (χ4v) is 3.30. The monoisotopic (exact) mass is 451 g/mol. The summed E-state index contributed by atoms with van der Waals surface area (Å²) in [6.45, 7) is 0. The second kappa shape index (κ2) is 9.10. The Bertz CT molecular complexity index is 1190. The van der Waals surface area contributed by atoms with Gasteiger partial charge in [0, 0.05) is 33.3 Å². The van der Waals surface area contributed by atoms with Gasteiger partial charge in [0.25, 0.3) is 5.91 Å². The van der Waals surface area contributed by atoms with Crippen LogP contribution in [-0.4, -0.2) is 69.0 Å². The number of hydrogen-bond acceptors (Lipinski definition) is 8. The van der Waals surface area contributed by atoms with Gasteiger partial charge in [0.1, 0.15) is 6.33 Å². The van der Waals surface area contributed by atoms with Gasteiger partial charge in [0.05, 0.1) is 24.0 Å². The van der Waals surface area contributed by atoms with Gasteiger partial charge in [-0.15, -0.1) is 10.2 Å². The van der Waals surface area contributed by atoms with Gasteiger partial charge in [0.15, 0.2) is 23.1 Å². The summed E-state index contributed by atoms with van der Waals surface area (Å²) in [5.41, 5.74) is 1.65. The van der Waals surface area contributed by atoms with Gasteiger partial charge >= 0.3 is 6.03 Å². The molecule has 2 heterocycles. The molecule has 3 amide bonds. The third-order valence-corrected chi connectivity index (χ3v) is 5.21. The Morgan fingerprint density at radius 2 is 2.00 bits per heavy atom. The predicted octanol–water partition coefficient (Wildman–Crippen LogP) is 2.01. The minimum atomic E-state index is -0.431. The van der Waals surface area contributed by atoms with Crippen LogP contribution in [0.1, 0.15) is 23.3 Å². The maximum Gasteiger partial charge on any atom is 0.323 e. The fourth-order valence-electron chi connectivity index (χ4n) is 3.30. The Morgan fingerprint density at radius 3 is 2.64 bits per heavy atom. The Hall–Kier alpha value is -4.22. The van der Waals surface area contributed by atoms with E-state index in [4.69, 9.17) is 4.74 Å². The van der Waals surface area contributed by atoms with Crippen molar-refractivity contribution < 1.29 is 14.3 Å². The van der Waals surface area contributed by atoms with Crippen molar-refractivity contribution in [1.82, 2.24) is 35.2 Å². The highest BCUT2D eigenvalue weighted by molar-refractivity contribution is 5.99. The van der Waals surface area contributed by atoms with Gasteiger partial charge in [-0.3, -0.25) is 14.8 Å². The molecule has 1 aliphatic carbocycles. The van der Waals surface area contributed by atoms with E-state index in [9.17, 15) is 9.59 Å². The molecule has 0 saturated heterocycles. The second-order valence-corrected chi connectivity index (χ2v) is 7.60. The Morgan fingerprint density at radius 1 is 1.21 bits per heavy atom. The van der Waals surface area contributed by atoms with Gasteiger partial charge in [-0.05, 0) is 25.0 Å². The number of carbonyl (C=O) groups is 2. The maximum absolute atomic E-state index is 12.5. The summed E-state index contributed by atoms with van der Waals surface area (Å²) in [7, 11) is 6.55. The van der Waals surface area contributed by atoms with Gasteiger partial charge < -0.3 is 20.3 Å². The zero-order valence-corrected chi connectivity index (χ0v) is 18.8. The molecular weight excluding hydrogens is 426 g/mol. The molecule has 1 aromatic carbocycles. The smallest absolute Gasteiger partial charge is 0.323 e. The largest absolute Gasteiger partial charge is 0.494 e. The summed E-state index contributed by atoms with van der Waals surface area (Å²) in [4.78, 5) is 30.8. The minimum absolute atomic E-state index is 0.0643. The average molecular weight is 451 g/mol. The van der Waals surface area contributed by atoms with Crippen molar-refractivity contribution in [1.29, 1.82) is 0 Å². The van der Waals surface area contributed by atoms with E-state index in [0.717, 1.165) is 12.8 Å². The van der Waals surface area contributed by atoms with Crippen molar-refractivity contribution in [2.24, 2.45) is 7.05 Å². The zero-order chi connectivity index (χ0) is 23.5. The quantitative estimate of drug-likeness (QED) is 0.496. The molecule has 12 heteroatoms. The topological polar surface area (TPSA) is 139 Å². The molecule has 1 saturated carbocycles. The molecule has 0 spiro atoms. The number of hydrogen-bond donors (Lipinski definition) is 3. The van der Waals surface area contributed by atoms with Crippen molar-refractivity contribution >= 4 is 29.1 Å². The van der Waals surface area contributed by atoms with E-state index in [2.05, 4.69) is 36.2 Å². The first-order chi connectivity index (χ1) is 15.9. The van der Waals surface area contributed by atoms with Crippen molar-refractivity contribution in [3.8, 4) is 17.1 Å². The third-order valence-electron chi connectivity index (χ3n) is 5.21. The van der Waals surface area contributed by atoms with Gasteiger partial charge in [-0.2, -0.15) is 5.10 Å². The van der Waals surface area contributed by atoms with E-state index in [1.807, 2.05) is 12.1 Å². The lowest BCUT2D eigenvalue weighted by atomic mass is 10.1. The zero-order valence-electron chi connectivity index (χ0n) is 18.8. The average Bonchev–Trinajstić information content (AvgIpc) is 3.58. The van der Waals surface area contributed by atoms with Gasteiger partial charge in [0.2, 0.25) is 0 Å². The van der Waals surface area contributed by atoms with Crippen molar-refractivity contribution in [2.45, 2.75) is 18.9 Å². The van der Waals surface area contributed by atoms with E-state index in [-0.39, 0.29) is 23.6 Å². The van der Waals surface area contributed by atoms with Crippen LogP contribution in [0.2, 0.25) is 0 Å². The Labute approximate surface area is 190 Å². The van der Waals surface area contributed by atoms with Crippen LogP contribution < -0.4 is 20.7 Å². The number of aryl methyl sites for hydroxylation is 1. The van der Waals surface area contributed by atoms with Crippen LogP contribution in [0.15, 0.2) is 30.6 Å². The van der Waals surface area contributed by atoms with E-state index in [0.29, 0.717) is 28.5 Å². The number of para-hydroxylation sites is 1. The number of aromatic nitrogens is 5. The summed E-state index contributed by atoms with van der Waals surface area (Å²) in [5, 5.41) is 20.8. The number of amides is 3. The second-order valence-electron chi connectivity index (χ2n) is 7.60. The Kier molecular flexibility index (Phi) is 6.07. The fraction of sp³-hybridized carbons (Fsp3) is 0.333. The number of rotatable bonds is 7. The lowest BCUT2D eigenvalue weighted by molar-refractivity contribution is 0.0958. The molecule has 2 aromatic heterocycles. The van der Waals surface area contributed by atoms with Crippen LogP contribution in [0.5, 0.6) is 5.75 Å². The molecule has 0 bridgehead atoms. The van der Waals surface area contributed by atoms with Crippen LogP contribution >= 0.6 is 0 Å². The molecule has 3 aromatic rings. The van der Waals surface area contributed by atoms with E-state index in [1.165, 1.54) is 14.2 Å². The highest BCUT2D eigenvalue weighted by atomic mass is 16.5. The molecule has 1 aliphatic rings. The molecule has 0 atom stereocenters.